The van der Waals surface area contributed by atoms with Gasteiger partial charge < -0.3 is 14.5 Å². The number of piperidine rings is 1. The molecule has 34 heavy (non-hydrogen) atoms. The molecular weight excluding hydrogens is 430 g/mol. The first kappa shape index (κ1) is 22.4. The maximum absolute atomic E-state index is 13.4. The van der Waals surface area contributed by atoms with Gasteiger partial charge in [0.15, 0.2) is 0 Å². The number of hydrogen-bond acceptors (Lipinski definition) is 5. The highest BCUT2D eigenvalue weighted by atomic mass is 16.5. The Morgan fingerprint density at radius 3 is 2.59 bits per heavy atom. The molecule has 3 aliphatic rings. The van der Waals surface area contributed by atoms with Gasteiger partial charge in [-0.05, 0) is 61.9 Å². The van der Waals surface area contributed by atoms with Crippen molar-refractivity contribution in [3.8, 4) is 5.75 Å². The van der Waals surface area contributed by atoms with Crippen molar-refractivity contribution in [1.82, 2.24) is 9.80 Å². The molecule has 2 aromatic carbocycles. The van der Waals surface area contributed by atoms with Crippen molar-refractivity contribution in [2.75, 3.05) is 44.7 Å². The fourth-order valence-corrected chi connectivity index (χ4v) is 5.44. The van der Waals surface area contributed by atoms with Gasteiger partial charge in [-0.15, -0.1) is 0 Å². The maximum Gasteiger partial charge on any atom is 0.263 e. The summed E-state index contributed by atoms with van der Waals surface area (Å²) in [6.45, 7) is 3.40. The van der Waals surface area contributed by atoms with Crippen LogP contribution in [-0.4, -0.2) is 67.4 Å². The van der Waals surface area contributed by atoms with Crippen LogP contribution in [-0.2, 0) is 11.2 Å². The van der Waals surface area contributed by atoms with E-state index in [0.717, 1.165) is 62.3 Å². The van der Waals surface area contributed by atoms with E-state index >= 15 is 0 Å². The second-order valence-electron chi connectivity index (χ2n) is 9.38. The number of anilines is 1. The van der Waals surface area contributed by atoms with Crippen LogP contribution in [0.25, 0.3) is 0 Å². The quantitative estimate of drug-likeness (QED) is 0.617. The molecule has 2 fully saturated rings. The van der Waals surface area contributed by atoms with Crippen molar-refractivity contribution < 1.29 is 19.1 Å². The Labute approximate surface area is 200 Å². The topological polar surface area (TPSA) is 70.2 Å². The normalized spacial score (nSPS) is 20.1. The molecule has 0 spiro atoms. The molecule has 3 amide bonds. The second kappa shape index (κ2) is 9.49. The summed E-state index contributed by atoms with van der Waals surface area (Å²) < 4.78 is 5.28. The smallest absolute Gasteiger partial charge is 0.263 e. The van der Waals surface area contributed by atoms with Crippen molar-refractivity contribution in [2.45, 2.75) is 32.1 Å². The zero-order valence-electron chi connectivity index (χ0n) is 19.7. The SMILES string of the molecule is COc1cccc(CCN2C(=O)c3cccc(N4CCCC(C(=O)N5CCCC5)C4)c3C2=O)c1. The van der Waals surface area contributed by atoms with Crippen LogP contribution in [0, 0.1) is 5.92 Å². The molecule has 0 bridgehead atoms. The number of carbonyl (C=O) groups is 3. The molecule has 0 saturated carbocycles. The van der Waals surface area contributed by atoms with Gasteiger partial charge in [0.1, 0.15) is 5.75 Å². The molecule has 7 heteroatoms. The van der Waals surface area contributed by atoms with Crippen molar-refractivity contribution >= 4 is 23.4 Å². The first-order chi connectivity index (χ1) is 16.6. The average molecular weight is 462 g/mol. The lowest BCUT2D eigenvalue weighted by Gasteiger charge is -2.36. The molecule has 2 aromatic rings. The number of rotatable bonds is 6. The Balaban J connectivity index is 1.33. The largest absolute Gasteiger partial charge is 0.497 e. The highest BCUT2D eigenvalue weighted by Gasteiger charge is 2.39. The summed E-state index contributed by atoms with van der Waals surface area (Å²) in [6.07, 6.45) is 4.50. The van der Waals surface area contributed by atoms with Gasteiger partial charge in [-0.2, -0.15) is 0 Å². The van der Waals surface area contributed by atoms with Gasteiger partial charge in [0.2, 0.25) is 5.91 Å². The molecule has 3 aliphatic heterocycles. The van der Waals surface area contributed by atoms with E-state index in [4.69, 9.17) is 4.74 Å². The predicted octanol–water partition coefficient (Wildman–Crippen LogP) is 3.37. The summed E-state index contributed by atoms with van der Waals surface area (Å²) >= 11 is 0. The van der Waals surface area contributed by atoms with Crippen LogP contribution in [0.1, 0.15) is 52.0 Å². The van der Waals surface area contributed by atoms with E-state index in [1.165, 1.54) is 4.90 Å². The number of fused-ring (bicyclic) bond motifs is 1. The van der Waals surface area contributed by atoms with Crippen molar-refractivity contribution in [3.63, 3.8) is 0 Å². The number of hydrogen-bond donors (Lipinski definition) is 0. The fraction of sp³-hybridized carbons (Fsp3) is 0.444. The lowest BCUT2D eigenvalue weighted by Crippen LogP contribution is -2.44. The summed E-state index contributed by atoms with van der Waals surface area (Å²) in [4.78, 5) is 45.0. The molecule has 178 valence electrons. The summed E-state index contributed by atoms with van der Waals surface area (Å²) in [6, 6.07) is 13.2. The minimum atomic E-state index is -0.244. The molecule has 0 radical (unpaired) electrons. The van der Waals surface area contributed by atoms with Gasteiger partial charge in [-0.25, -0.2) is 0 Å². The number of methoxy groups -OCH3 is 1. The van der Waals surface area contributed by atoms with E-state index in [-0.39, 0.29) is 23.6 Å². The van der Waals surface area contributed by atoms with Crippen LogP contribution in [0.4, 0.5) is 5.69 Å². The Bertz CT molecular complexity index is 1110. The highest BCUT2D eigenvalue weighted by Crippen LogP contribution is 2.34. The number of carbonyl (C=O) groups excluding carboxylic acids is 3. The maximum atomic E-state index is 13.4. The van der Waals surface area contributed by atoms with Crippen molar-refractivity contribution in [1.29, 1.82) is 0 Å². The summed E-state index contributed by atoms with van der Waals surface area (Å²) in [5.74, 6) is 0.444. The molecule has 0 aromatic heterocycles. The molecule has 1 unspecified atom stereocenters. The zero-order chi connectivity index (χ0) is 23.7. The number of benzene rings is 2. The molecule has 0 N–H and O–H groups in total. The van der Waals surface area contributed by atoms with E-state index < -0.39 is 0 Å². The first-order valence-corrected chi connectivity index (χ1v) is 12.2. The van der Waals surface area contributed by atoms with Gasteiger partial charge >= 0.3 is 0 Å². The molecule has 7 nitrogen and oxygen atoms in total. The number of amides is 3. The standard InChI is InChI=1S/C27H31N3O4/c1-34-21-9-4-7-19(17-21)12-16-30-26(32)22-10-5-11-23(24(22)27(30)33)29-15-6-8-20(18-29)25(31)28-13-2-3-14-28/h4-5,7,9-11,17,20H,2-3,6,8,12-16,18H2,1H3. The van der Waals surface area contributed by atoms with E-state index in [0.29, 0.717) is 30.6 Å². The molecule has 2 saturated heterocycles. The molecule has 0 aliphatic carbocycles. The van der Waals surface area contributed by atoms with Gasteiger partial charge in [0.25, 0.3) is 11.8 Å². The molecule has 1 atom stereocenters. The van der Waals surface area contributed by atoms with Crippen LogP contribution >= 0.6 is 0 Å². The predicted molar refractivity (Wildman–Crippen MR) is 129 cm³/mol. The van der Waals surface area contributed by atoms with Crippen LogP contribution in [0.15, 0.2) is 42.5 Å². The third-order valence-electron chi connectivity index (χ3n) is 7.26. The van der Waals surface area contributed by atoms with Crippen molar-refractivity contribution in [3.05, 3.63) is 59.2 Å². The lowest BCUT2D eigenvalue weighted by atomic mass is 9.95. The summed E-state index contributed by atoms with van der Waals surface area (Å²) in [5.41, 5.74) is 2.72. The van der Waals surface area contributed by atoms with E-state index in [9.17, 15) is 14.4 Å². The van der Waals surface area contributed by atoms with Gasteiger partial charge in [0, 0.05) is 32.7 Å². The molecule has 5 rings (SSSR count). The summed E-state index contributed by atoms with van der Waals surface area (Å²) in [7, 11) is 1.62. The van der Waals surface area contributed by atoms with Crippen LogP contribution < -0.4 is 9.64 Å². The Morgan fingerprint density at radius 1 is 1.00 bits per heavy atom. The highest BCUT2D eigenvalue weighted by molar-refractivity contribution is 6.23. The van der Waals surface area contributed by atoms with E-state index in [2.05, 4.69) is 4.90 Å². The van der Waals surface area contributed by atoms with Crippen LogP contribution in [0.2, 0.25) is 0 Å². The minimum absolute atomic E-state index is 0.0564. The zero-order valence-corrected chi connectivity index (χ0v) is 19.7. The Kier molecular flexibility index (Phi) is 6.26. The van der Waals surface area contributed by atoms with Crippen LogP contribution in [0.5, 0.6) is 5.75 Å². The monoisotopic (exact) mass is 461 g/mol. The lowest BCUT2D eigenvalue weighted by molar-refractivity contribution is -0.134. The third-order valence-corrected chi connectivity index (χ3v) is 7.26. The second-order valence-corrected chi connectivity index (χ2v) is 9.38. The number of imide groups is 1. The van der Waals surface area contributed by atoms with Crippen molar-refractivity contribution in [2.24, 2.45) is 5.92 Å². The average Bonchev–Trinajstić information content (AvgIpc) is 3.50. The van der Waals surface area contributed by atoms with E-state index in [1.54, 1.807) is 13.2 Å². The Hall–Kier alpha value is -3.35. The number of likely N-dealkylation sites (tertiary alicyclic amines) is 1. The Morgan fingerprint density at radius 2 is 1.79 bits per heavy atom. The van der Waals surface area contributed by atoms with E-state index in [1.807, 2.05) is 41.3 Å². The van der Waals surface area contributed by atoms with Gasteiger partial charge in [-0.3, -0.25) is 19.3 Å². The summed E-state index contributed by atoms with van der Waals surface area (Å²) in [5, 5.41) is 0. The third kappa shape index (κ3) is 4.15. The van der Waals surface area contributed by atoms with Gasteiger partial charge in [-0.1, -0.05) is 18.2 Å². The number of ether oxygens (including phenoxy) is 1. The first-order valence-electron chi connectivity index (χ1n) is 12.2. The van der Waals surface area contributed by atoms with Gasteiger partial charge in [0.05, 0.1) is 29.8 Å². The number of nitrogens with zero attached hydrogens (tertiary/aromatic N) is 3. The minimum Gasteiger partial charge on any atom is -0.497 e. The van der Waals surface area contributed by atoms with Crippen LogP contribution in [0.3, 0.4) is 0 Å². The fourth-order valence-electron chi connectivity index (χ4n) is 5.44. The molecular formula is C27H31N3O4. The molecule has 3 heterocycles.